The lowest BCUT2D eigenvalue weighted by atomic mass is 10.0. The summed E-state index contributed by atoms with van der Waals surface area (Å²) < 4.78 is 24.6. The van der Waals surface area contributed by atoms with Gasteiger partial charge in [-0.05, 0) is 37.8 Å². The molecule has 9 nitrogen and oxygen atoms in total. The zero-order chi connectivity index (χ0) is 28.3. The number of anilines is 1. The molecule has 2 aromatic rings. The highest BCUT2D eigenvalue weighted by Gasteiger charge is 2.30. The molecule has 1 saturated heterocycles. The molecule has 0 radical (unpaired) electrons. The Kier molecular flexibility index (Phi) is 17.0. The second-order valence-corrected chi connectivity index (χ2v) is 11.9. The standard InChI is InChI=1S/C30H53N4O5P/c1-2-3-4-5-6-7-8-9-10-11-12-13-14-15-21-36-22-16-23-37-40(35)38-24-26-17-20-29(39-26)27-18-19-28-30(31)32-25-33-34(27)28/h18-19,25-26,29,35H,2-17,20-24H2,1H3,(H2,31,32,33). The average Bonchev–Trinajstić information content (AvgIpc) is 3.61. The molecular weight excluding hydrogens is 527 g/mol. The van der Waals surface area contributed by atoms with Crippen molar-refractivity contribution >= 4 is 19.9 Å². The van der Waals surface area contributed by atoms with Gasteiger partial charge in [-0.3, -0.25) is 0 Å². The summed E-state index contributed by atoms with van der Waals surface area (Å²) in [7, 11) is -1.91. The SMILES string of the molecule is CCCCCCCCCCCCCCCCOCCCOP(O)OCC1CCC(c2ccc3c(N)ncnn23)O1. The predicted octanol–water partition coefficient (Wildman–Crippen LogP) is 7.67. The van der Waals surface area contributed by atoms with Gasteiger partial charge in [0, 0.05) is 13.2 Å². The lowest BCUT2D eigenvalue weighted by Crippen LogP contribution is -2.14. The molecule has 0 aromatic carbocycles. The van der Waals surface area contributed by atoms with E-state index >= 15 is 0 Å². The Hall–Kier alpha value is -1.35. The largest absolute Gasteiger partial charge is 0.382 e. The van der Waals surface area contributed by atoms with Crippen molar-refractivity contribution in [2.24, 2.45) is 0 Å². The first kappa shape index (κ1) is 33.2. The zero-order valence-electron chi connectivity index (χ0n) is 24.7. The molecule has 40 heavy (non-hydrogen) atoms. The fourth-order valence-electron chi connectivity index (χ4n) is 5.25. The quantitative estimate of drug-likeness (QED) is 0.0960. The van der Waals surface area contributed by atoms with Crippen molar-refractivity contribution in [2.45, 2.75) is 128 Å². The Balaban J connectivity index is 1.07. The molecule has 0 spiro atoms. The fourth-order valence-corrected chi connectivity index (χ4v) is 5.90. The first-order valence-corrected chi connectivity index (χ1v) is 16.9. The van der Waals surface area contributed by atoms with Gasteiger partial charge in [0.05, 0.1) is 25.0 Å². The summed E-state index contributed by atoms with van der Waals surface area (Å²) >= 11 is 0. The molecule has 0 aliphatic carbocycles. The molecule has 3 rings (SSSR count). The van der Waals surface area contributed by atoms with Crippen LogP contribution < -0.4 is 5.73 Å². The minimum atomic E-state index is -1.91. The molecule has 2 aromatic heterocycles. The number of hydrogen-bond donors (Lipinski definition) is 2. The minimum Gasteiger partial charge on any atom is -0.382 e. The van der Waals surface area contributed by atoms with Gasteiger partial charge in [-0.1, -0.05) is 90.4 Å². The van der Waals surface area contributed by atoms with Crippen LogP contribution in [0.5, 0.6) is 0 Å². The van der Waals surface area contributed by atoms with E-state index in [4.69, 9.17) is 24.3 Å². The number of rotatable bonds is 24. The Morgan fingerprint density at radius 2 is 1.52 bits per heavy atom. The van der Waals surface area contributed by atoms with E-state index in [-0.39, 0.29) is 12.2 Å². The van der Waals surface area contributed by atoms with Crippen LogP contribution in [0.4, 0.5) is 5.82 Å². The molecule has 3 atom stereocenters. The van der Waals surface area contributed by atoms with Crippen LogP contribution in [0.25, 0.3) is 5.52 Å². The van der Waals surface area contributed by atoms with E-state index in [1.54, 1.807) is 4.52 Å². The number of nitrogens with two attached hydrogens (primary N) is 1. The van der Waals surface area contributed by atoms with Crippen LogP contribution in [-0.4, -0.2) is 52.0 Å². The topological polar surface area (TPSA) is 113 Å². The fraction of sp³-hybridized carbons (Fsp3) is 0.800. The maximum atomic E-state index is 10.1. The summed E-state index contributed by atoms with van der Waals surface area (Å²) in [4.78, 5) is 14.1. The van der Waals surface area contributed by atoms with Crippen molar-refractivity contribution in [1.29, 1.82) is 0 Å². The third-order valence-electron chi connectivity index (χ3n) is 7.60. The summed E-state index contributed by atoms with van der Waals surface area (Å²) in [6.45, 7) is 4.45. The Morgan fingerprint density at radius 1 is 0.875 bits per heavy atom. The van der Waals surface area contributed by atoms with Gasteiger partial charge in [-0.25, -0.2) is 9.50 Å². The summed E-state index contributed by atoms with van der Waals surface area (Å²) in [5.74, 6) is 0.447. The number of hydrogen-bond acceptors (Lipinski definition) is 8. The van der Waals surface area contributed by atoms with E-state index in [0.717, 1.165) is 43.5 Å². The van der Waals surface area contributed by atoms with E-state index in [1.807, 2.05) is 12.1 Å². The second kappa shape index (κ2) is 20.5. The van der Waals surface area contributed by atoms with Crippen LogP contribution in [0, 0.1) is 0 Å². The summed E-state index contributed by atoms with van der Waals surface area (Å²) in [6.07, 6.45) is 22.8. The van der Waals surface area contributed by atoms with E-state index in [2.05, 4.69) is 17.0 Å². The Bertz CT molecular complexity index is 917. The van der Waals surface area contributed by atoms with Crippen molar-refractivity contribution in [2.75, 3.05) is 32.2 Å². The van der Waals surface area contributed by atoms with Gasteiger partial charge in [0.2, 0.25) is 0 Å². The highest BCUT2D eigenvalue weighted by molar-refractivity contribution is 7.40. The number of aromatic nitrogens is 3. The smallest absolute Gasteiger partial charge is 0.329 e. The zero-order valence-corrected chi connectivity index (χ0v) is 25.6. The van der Waals surface area contributed by atoms with Crippen LogP contribution in [0.1, 0.15) is 128 Å². The molecule has 0 bridgehead atoms. The third kappa shape index (κ3) is 12.7. The van der Waals surface area contributed by atoms with Crippen LogP contribution >= 0.6 is 8.60 Å². The average molecular weight is 581 g/mol. The van der Waals surface area contributed by atoms with Crippen LogP contribution in [0.3, 0.4) is 0 Å². The van der Waals surface area contributed by atoms with Gasteiger partial charge in [-0.2, -0.15) is 5.10 Å². The predicted molar refractivity (Wildman–Crippen MR) is 161 cm³/mol. The molecule has 0 saturated carbocycles. The molecule has 228 valence electrons. The second-order valence-electron chi connectivity index (χ2n) is 11.0. The van der Waals surface area contributed by atoms with Gasteiger partial charge < -0.3 is 29.1 Å². The highest BCUT2D eigenvalue weighted by atomic mass is 31.2. The van der Waals surface area contributed by atoms with Crippen molar-refractivity contribution in [3.05, 3.63) is 24.2 Å². The molecule has 3 unspecified atom stereocenters. The molecule has 1 fully saturated rings. The van der Waals surface area contributed by atoms with E-state index in [1.165, 1.54) is 89.8 Å². The number of fused-ring (bicyclic) bond motifs is 1. The third-order valence-corrected chi connectivity index (χ3v) is 8.37. The van der Waals surface area contributed by atoms with Crippen molar-refractivity contribution in [3.63, 3.8) is 0 Å². The normalized spacial score (nSPS) is 18.1. The summed E-state index contributed by atoms with van der Waals surface area (Å²) in [6, 6.07) is 3.88. The van der Waals surface area contributed by atoms with E-state index in [9.17, 15) is 4.89 Å². The lowest BCUT2D eigenvalue weighted by Gasteiger charge is -2.16. The number of unbranched alkanes of at least 4 members (excludes halogenated alkanes) is 13. The lowest BCUT2D eigenvalue weighted by molar-refractivity contribution is 0.00993. The Morgan fingerprint density at radius 3 is 2.23 bits per heavy atom. The van der Waals surface area contributed by atoms with Crippen molar-refractivity contribution in [3.8, 4) is 0 Å². The molecule has 0 amide bonds. The van der Waals surface area contributed by atoms with E-state index < -0.39 is 8.60 Å². The first-order chi connectivity index (χ1) is 19.7. The summed E-state index contributed by atoms with van der Waals surface area (Å²) in [5.41, 5.74) is 7.64. The molecule has 10 heteroatoms. The van der Waals surface area contributed by atoms with Gasteiger partial charge in [-0.15, -0.1) is 0 Å². The van der Waals surface area contributed by atoms with Gasteiger partial charge >= 0.3 is 8.60 Å². The molecule has 1 aliphatic heterocycles. The number of nitrogens with zero attached hydrogens (tertiary/aromatic N) is 3. The molecular formula is C30H53N4O5P. The van der Waals surface area contributed by atoms with Crippen molar-refractivity contribution in [1.82, 2.24) is 14.6 Å². The Labute approximate surface area is 242 Å². The van der Waals surface area contributed by atoms with Gasteiger partial charge in [0.15, 0.2) is 5.82 Å². The summed E-state index contributed by atoms with van der Waals surface area (Å²) in [5, 5.41) is 4.29. The molecule has 3 N–H and O–H groups in total. The maximum absolute atomic E-state index is 10.1. The first-order valence-electron chi connectivity index (χ1n) is 15.7. The number of ether oxygens (including phenoxy) is 2. The maximum Gasteiger partial charge on any atom is 0.329 e. The van der Waals surface area contributed by atoms with E-state index in [0.29, 0.717) is 25.6 Å². The number of nitrogen functional groups attached to an aromatic ring is 1. The van der Waals surface area contributed by atoms with Gasteiger partial charge in [0.1, 0.15) is 17.9 Å². The van der Waals surface area contributed by atoms with Crippen LogP contribution in [-0.2, 0) is 18.5 Å². The highest BCUT2D eigenvalue weighted by Crippen LogP contribution is 2.38. The van der Waals surface area contributed by atoms with Crippen LogP contribution in [0.15, 0.2) is 18.5 Å². The monoisotopic (exact) mass is 580 g/mol. The minimum absolute atomic E-state index is 0.0897. The van der Waals surface area contributed by atoms with Crippen LogP contribution in [0.2, 0.25) is 0 Å². The molecule has 3 heterocycles. The molecule has 1 aliphatic rings. The van der Waals surface area contributed by atoms with Crippen molar-refractivity contribution < 1.29 is 23.4 Å². The van der Waals surface area contributed by atoms with Gasteiger partial charge in [0.25, 0.3) is 0 Å².